The van der Waals surface area contributed by atoms with E-state index in [2.05, 4.69) is 4.98 Å². The summed E-state index contributed by atoms with van der Waals surface area (Å²) in [6.07, 6.45) is 2.33. The molecule has 1 heterocycles. The molecule has 0 spiro atoms. The van der Waals surface area contributed by atoms with Crippen molar-refractivity contribution in [2.45, 2.75) is 26.3 Å². The van der Waals surface area contributed by atoms with Crippen LogP contribution in [0.5, 0.6) is 0 Å². The van der Waals surface area contributed by atoms with Crippen LogP contribution in [0.3, 0.4) is 0 Å². The molecule has 1 aromatic heterocycles. The van der Waals surface area contributed by atoms with Crippen molar-refractivity contribution in [2.75, 3.05) is 11.4 Å². The predicted molar refractivity (Wildman–Crippen MR) is 63.7 cm³/mol. The standard InChI is InChI=1S/C12H15N3O2/c1-3-9(2)15(8-12(16)17)11-6-10(7-13)4-5-14-11/h4-6,9H,3,8H2,1-2H3,(H,16,17). The number of carboxylic acid groups (broad SMARTS) is 1. The maximum Gasteiger partial charge on any atom is 0.323 e. The highest BCUT2D eigenvalue weighted by molar-refractivity contribution is 5.73. The number of nitriles is 1. The summed E-state index contributed by atoms with van der Waals surface area (Å²) >= 11 is 0. The monoisotopic (exact) mass is 233 g/mol. The van der Waals surface area contributed by atoms with Gasteiger partial charge in [0.25, 0.3) is 0 Å². The number of aliphatic carboxylic acids is 1. The Balaban J connectivity index is 3.03. The molecule has 17 heavy (non-hydrogen) atoms. The van der Waals surface area contributed by atoms with Gasteiger partial charge >= 0.3 is 5.97 Å². The molecular weight excluding hydrogens is 218 g/mol. The van der Waals surface area contributed by atoms with Gasteiger partial charge in [0.05, 0.1) is 11.6 Å². The molecular formula is C12H15N3O2. The van der Waals surface area contributed by atoms with Crippen LogP contribution in [0.25, 0.3) is 0 Å². The second-order valence-electron chi connectivity index (χ2n) is 3.79. The number of aromatic nitrogens is 1. The Hall–Kier alpha value is -2.09. The molecule has 0 aliphatic heterocycles. The zero-order valence-corrected chi connectivity index (χ0v) is 9.92. The van der Waals surface area contributed by atoms with Crippen molar-refractivity contribution in [3.63, 3.8) is 0 Å². The van der Waals surface area contributed by atoms with E-state index in [0.717, 1.165) is 6.42 Å². The molecule has 0 amide bonds. The summed E-state index contributed by atoms with van der Waals surface area (Å²) in [7, 11) is 0. The number of pyridine rings is 1. The normalized spacial score (nSPS) is 11.6. The van der Waals surface area contributed by atoms with Gasteiger partial charge in [0.1, 0.15) is 12.4 Å². The van der Waals surface area contributed by atoms with Crippen LogP contribution < -0.4 is 4.90 Å². The van der Waals surface area contributed by atoms with Crippen molar-refractivity contribution in [1.82, 2.24) is 4.98 Å². The lowest BCUT2D eigenvalue weighted by molar-refractivity contribution is -0.135. The maximum atomic E-state index is 10.8. The Labute approximate surface area is 100 Å². The van der Waals surface area contributed by atoms with E-state index in [4.69, 9.17) is 10.4 Å². The van der Waals surface area contributed by atoms with E-state index in [0.29, 0.717) is 11.4 Å². The highest BCUT2D eigenvalue weighted by Gasteiger charge is 2.17. The zero-order valence-electron chi connectivity index (χ0n) is 9.92. The van der Waals surface area contributed by atoms with Crippen LogP contribution in [0, 0.1) is 11.3 Å². The van der Waals surface area contributed by atoms with Gasteiger partial charge in [-0.15, -0.1) is 0 Å². The number of nitrogens with zero attached hydrogens (tertiary/aromatic N) is 3. The largest absolute Gasteiger partial charge is 0.480 e. The molecule has 1 N–H and O–H groups in total. The molecule has 0 bridgehead atoms. The minimum absolute atomic E-state index is 0.0625. The van der Waals surface area contributed by atoms with Gasteiger partial charge in [0.15, 0.2) is 0 Å². The molecule has 0 aliphatic rings. The number of carboxylic acids is 1. The average Bonchev–Trinajstić information content (AvgIpc) is 2.35. The van der Waals surface area contributed by atoms with Crippen molar-refractivity contribution < 1.29 is 9.90 Å². The first kappa shape index (κ1) is 13.0. The van der Waals surface area contributed by atoms with E-state index in [1.54, 1.807) is 17.0 Å². The molecule has 5 nitrogen and oxygen atoms in total. The molecule has 90 valence electrons. The molecule has 0 aliphatic carbocycles. The van der Waals surface area contributed by atoms with Crippen LogP contribution in [-0.4, -0.2) is 28.6 Å². The van der Waals surface area contributed by atoms with Crippen LogP contribution in [0.1, 0.15) is 25.8 Å². The van der Waals surface area contributed by atoms with Crippen LogP contribution >= 0.6 is 0 Å². The smallest absolute Gasteiger partial charge is 0.323 e. The van der Waals surface area contributed by atoms with Crippen LogP contribution in [0.15, 0.2) is 18.3 Å². The third-order valence-corrected chi connectivity index (χ3v) is 2.60. The number of rotatable bonds is 5. The van der Waals surface area contributed by atoms with Crippen LogP contribution in [-0.2, 0) is 4.79 Å². The number of hydrogen-bond acceptors (Lipinski definition) is 4. The summed E-state index contributed by atoms with van der Waals surface area (Å²) in [6.45, 7) is 3.80. The number of hydrogen-bond donors (Lipinski definition) is 1. The fourth-order valence-electron chi connectivity index (χ4n) is 1.47. The summed E-state index contributed by atoms with van der Waals surface area (Å²) in [5, 5.41) is 17.7. The zero-order chi connectivity index (χ0) is 12.8. The van der Waals surface area contributed by atoms with Gasteiger partial charge in [-0.05, 0) is 25.5 Å². The summed E-state index contributed by atoms with van der Waals surface area (Å²) in [6, 6.07) is 5.28. The Morgan fingerprint density at radius 1 is 1.71 bits per heavy atom. The minimum atomic E-state index is -0.908. The third-order valence-electron chi connectivity index (χ3n) is 2.60. The first-order chi connectivity index (χ1) is 8.08. The lowest BCUT2D eigenvalue weighted by atomic mass is 10.2. The molecule has 0 saturated carbocycles. The van der Waals surface area contributed by atoms with E-state index >= 15 is 0 Å². The molecule has 1 aromatic rings. The van der Waals surface area contributed by atoms with Crippen molar-refractivity contribution >= 4 is 11.8 Å². The Morgan fingerprint density at radius 2 is 2.41 bits per heavy atom. The Bertz CT molecular complexity index is 440. The summed E-state index contributed by atoms with van der Waals surface area (Å²) in [5.74, 6) is -0.379. The molecule has 5 heteroatoms. The lowest BCUT2D eigenvalue weighted by Gasteiger charge is -2.27. The van der Waals surface area contributed by atoms with E-state index in [-0.39, 0.29) is 12.6 Å². The molecule has 1 unspecified atom stereocenters. The first-order valence-electron chi connectivity index (χ1n) is 5.43. The van der Waals surface area contributed by atoms with Crippen molar-refractivity contribution in [1.29, 1.82) is 5.26 Å². The van der Waals surface area contributed by atoms with Crippen molar-refractivity contribution in [2.24, 2.45) is 0 Å². The van der Waals surface area contributed by atoms with E-state index in [1.165, 1.54) is 6.20 Å². The molecule has 0 saturated heterocycles. The molecule has 1 rings (SSSR count). The van der Waals surface area contributed by atoms with Gasteiger partial charge < -0.3 is 10.0 Å². The van der Waals surface area contributed by atoms with Crippen molar-refractivity contribution in [3.05, 3.63) is 23.9 Å². The second-order valence-corrected chi connectivity index (χ2v) is 3.79. The van der Waals surface area contributed by atoms with Crippen LogP contribution in [0.2, 0.25) is 0 Å². The van der Waals surface area contributed by atoms with Gasteiger partial charge in [-0.3, -0.25) is 4.79 Å². The minimum Gasteiger partial charge on any atom is -0.480 e. The molecule has 1 atom stereocenters. The van der Waals surface area contributed by atoms with E-state index in [1.807, 2.05) is 19.9 Å². The summed E-state index contributed by atoms with van der Waals surface area (Å²) in [5.41, 5.74) is 0.480. The summed E-state index contributed by atoms with van der Waals surface area (Å²) in [4.78, 5) is 16.6. The lowest BCUT2D eigenvalue weighted by Crippen LogP contribution is -2.37. The first-order valence-corrected chi connectivity index (χ1v) is 5.43. The average molecular weight is 233 g/mol. The predicted octanol–water partition coefficient (Wildman–Crippen LogP) is 1.64. The highest BCUT2D eigenvalue weighted by atomic mass is 16.4. The molecule has 0 aromatic carbocycles. The fraction of sp³-hybridized carbons (Fsp3) is 0.417. The fourth-order valence-corrected chi connectivity index (χ4v) is 1.47. The number of carbonyl (C=O) groups is 1. The summed E-state index contributed by atoms with van der Waals surface area (Å²) < 4.78 is 0. The quantitative estimate of drug-likeness (QED) is 0.836. The Morgan fingerprint density at radius 3 is 2.94 bits per heavy atom. The van der Waals surface area contributed by atoms with Gasteiger partial charge in [-0.2, -0.15) is 5.26 Å². The molecule has 0 fully saturated rings. The van der Waals surface area contributed by atoms with Crippen LogP contribution in [0.4, 0.5) is 5.82 Å². The van der Waals surface area contributed by atoms with Gasteiger partial charge in [0.2, 0.25) is 0 Å². The SMILES string of the molecule is CCC(C)N(CC(=O)O)c1cc(C#N)ccn1. The molecule has 0 radical (unpaired) electrons. The van der Waals surface area contributed by atoms with E-state index in [9.17, 15) is 4.79 Å². The maximum absolute atomic E-state index is 10.8. The highest BCUT2D eigenvalue weighted by Crippen LogP contribution is 2.16. The third kappa shape index (κ3) is 3.45. The van der Waals surface area contributed by atoms with Gasteiger partial charge in [-0.25, -0.2) is 4.98 Å². The Kier molecular flexibility index (Phi) is 4.46. The number of anilines is 1. The van der Waals surface area contributed by atoms with Gasteiger partial charge in [-0.1, -0.05) is 6.92 Å². The topological polar surface area (TPSA) is 77.2 Å². The van der Waals surface area contributed by atoms with Crippen molar-refractivity contribution in [3.8, 4) is 6.07 Å². The van der Waals surface area contributed by atoms with E-state index < -0.39 is 5.97 Å². The second kappa shape index (κ2) is 5.85. The van der Waals surface area contributed by atoms with Gasteiger partial charge in [0, 0.05) is 12.2 Å².